The van der Waals surface area contributed by atoms with Crippen molar-refractivity contribution < 1.29 is 4.79 Å². The van der Waals surface area contributed by atoms with E-state index in [0.29, 0.717) is 12.5 Å². The Hall–Kier alpha value is -0.870. The van der Waals surface area contributed by atoms with Crippen molar-refractivity contribution in [2.24, 2.45) is 0 Å². The average molecular weight is 252 g/mol. The maximum Gasteiger partial charge on any atom is 0.223 e. The third-order valence-electron chi connectivity index (χ3n) is 3.28. The number of thiophene rings is 1. The summed E-state index contributed by atoms with van der Waals surface area (Å²) in [6, 6.07) is 2.69. The lowest BCUT2D eigenvalue weighted by molar-refractivity contribution is -0.128. The first kappa shape index (κ1) is 12.6. The fraction of sp³-hybridized carbons (Fsp3) is 0.615. The van der Waals surface area contributed by atoms with Gasteiger partial charge in [0.1, 0.15) is 0 Å². The van der Waals surface area contributed by atoms with Crippen molar-refractivity contribution in [2.45, 2.75) is 31.7 Å². The van der Waals surface area contributed by atoms with Crippen LogP contribution in [0, 0.1) is 0 Å². The van der Waals surface area contributed by atoms with Crippen LogP contribution in [0.2, 0.25) is 0 Å². The molecule has 4 heteroatoms. The number of nitrogens with zero attached hydrogens (tertiary/aromatic N) is 1. The van der Waals surface area contributed by atoms with E-state index in [4.69, 9.17) is 0 Å². The Bertz CT molecular complexity index is 387. The molecule has 1 heterocycles. The van der Waals surface area contributed by atoms with Gasteiger partial charge in [0.2, 0.25) is 5.91 Å². The average Bonchev–Trinajstić information content (AvgIpc) is 2.77. The Labute approximate surface area is 107 Å². The van der Waals surface area contributed by atoms with E-state index in [9.17, 15) is 4.79 Å². The van der Waals surface area contributed by atoms with Crippen LogP contribution in [0.5, 0.6) is 0 Å². The van der Waals surface area contributed by atoms with Gasteiger partial charge < -0.3 is 10.2 Å². The van der Waals surface area contributed by atoms with E-state index in [1.807, 2.05) is 11.3 Å². The monoisotopic (exact) mass is 252 g/mol. The van der Waals surface area contributed by atoms with Crippen LogP contribution in [-0.2, 0) is 11.2 Å². The number of nitrogens with one attached hydrogen (secondary N) is 1. The highest BCUT2D eigenvalue weighted by Gasteiger charge is 2.20. The Balaban J connectivity index is 1.83. The van der Waals surface area contributed by atoms with Gasteiger partial charge in [0, 0.05) is 38.0 Å². The van der Waals surface area contributed by atoms with E-state index < -0.39 is 0 Å². The summed E-state index contributed by atoms with van der Waals surface area (Å²) < 4.78 is 0. The number of rotatable bonds is 4. The fourth-order valence-electron chi connectivity index (χ4n) is 2.28. The second-order valence-electron chi connectivity index (χ2n) is 4.74. The number of hydrogen-bond donors (Lipinski definition) is 1. The van der Waals surface area contributed by atoms with Gasteiger partial charge in [0.05, 0.1) is 0 Å². The van der Waals surface area contributed by atoms with Crippen molar-refractivity contribution in [3.8, 4) is 0 Å². The topological polar surface area (TPSA) is 32.3 Å². The van der Waals surface area contributed by atoms with E-state index in [1.54, 1.807) is 19.0 Å². The molecule has 0 radical (unpaired) electrons. The maximum atomic E-state index is 11.5. The maximum absolute atomic E-state index is 11.5. The number of carbonyl (C=O) groups is 1. The third-order valence-corrected chi connectivity index (χ3v) is 4.28. The van der Waals surface area contributed by atoms with Crippen LogP contribution in [0.1, 0.15) is 35.7 Å². The van der Waals surface area contributed by atoms with Crippen LogP contribution in [0.15, 0.2) is 11.4 Å². The zero-order valence-corrected chi connectivity index (χ0v) is 11.3. The predicted octanol–water partition coefficient (Wildman–Crippen LogP) is 2.19. The normalized spacial score (nSPS) is 18.8. The molecule has 1 amide bonds. The molecule has 0 spiro atoms. The van der Waals surface area contributed by atoms with Crippen LogP contribution >= 0.6 is 11.3 Å². The minimum Gasteiger partial charge on any atom is -0.349 e. The van der Waals surface area contributed by atoms with E-state index in [2.05, 4.69) is 16.8 Å². The zero-order chi connectivity index (χ0) is 12.3. The summed E-state index contributed by atoms with van der Waals surface area (Å²) in [5.74, 6) is 0.193. The predicted molar refractivity (Wildman–Crippen MR) is 71.3 cm³/mol. The zero-order valence-electron chi connectivity index (χ0n) is 10.5. The Morgan fingerprint density at radius 2 is 2.41 bits per heavy atom. The first-order valence-corrected chi connectivity index (χ1v) is 7.06. The van der Waals surface area contributed by atoms with Crippen LogP contribution in [0.25, 0.3) is 0 Å². The first-order valence-electron chi connectivity index (χ1n) is 6.18. The molecule has 0 fully saturated rings. The quantitative estimate of drug-likeness (QED) is 0.891. The minimum absolute atomic E-state index is 0.193. The summed E-state index contributed by atoms with van der Waals surface area (Å²) in [7, 11) is 3.61. The SMILES string of the molecule is CN(C)C(=O)CCNC1CCCc2sccc21. The Morgan fingerprint density at radius 3 is 3.18 bits per heavy atom. The highest BCUT2D eigenvalue weighted by atomic mass is 32.1. The molecule has 3 nitrogen and oxygen atoms in total. The number of fused-ring (bicyclic) bond motifs is 1. The van der Waals surface area contributed by atoms with Crippen LogP contribution in [0.3, 0.4) is 0 Å². The minimum atomic E-state index is 0.193. The van der Waals surface area contributed by atoms with E-state index in [-0.39, 0.29) is 5.91 Å². The van der Waals surface area contributed by atoms with Crippen molar-refractivity contribution >= 4 is 17.2 Å². The third kappa shape index (κ3) is 3.07. The number of hydrogen-bond acceptors (Lipinski definition) is 3. The number of carbonyl (C=O) groups excluding carboxylic acids is 1. The van der Waals surface area contributed by atoms with Crippen LogP contribution in [0.4, 0.5) is 0 Å². The summed E-state index contributed by atoms with van der Waals surface area (Å²) in [5, 5.41) is 5.69. The highest BCUT2D eigenvalue weighted by Crippen LogP contribution is 2.33. The van der Waals surface area contributed by atoms with Gasteiger partial charge in [-0.1, -0.05) is 0 Å². The van der Waals surface area contributed by atoms with Gasteiger partial charge >= 0.3 is 0 Å². The second-order valence-corrected chi connectivity index (χ2v) is 5.74. The van der Waals surface area contributed by atoms with Gasteiger partial charge in [0.25, 0.3) is 0 Å². The molecule has 0 bridgehead atoms. The molecule has 1 atom stereocenters. The van der Waals surface area contributed by atoms with Gasteiger partial charge in [-0.3, -0.25) is 4.79 Å². The summed E-state index contributed by atoms with van der Waals surface area (Å²) in [4.78, 5) is 14.6. The fourth-order valence-corrected chi connectivity index (χ4v) is 3.26. The molecule has 1 aromatic heterocycles. The molecule has 0 saturated heterocycles. The lowest BCUT2D eigenvalue weighted by atomic mass is 9.94. The van der Waals surface area contributed by atoms with Gasteiger partial charge in [-0.25, -0.2) is 0 Å². The molecule has 94 valence electrons. The highest BCUT2D eigenvalue weighted by molar-refractivity contribution is 7.10. The molecule has 1 aliphatic carbocycles. The summed E-state index contributed by atoms with van der Waals surface area (Å²) in [6.07, 6.45) is 4.26. The van der Waals surface area contributed by atoms with Crippen LogP contribution in [-0.4, -0.2) is 31.4 Å². The van der Waals surface area contributed by atoms with Gasteiger partial charge in [-0.15, -0.1) is 11.3 Å². The molecular formula is C13H20N2OS. The lowest BCUT2D eigenvalue weighted by Gasteiger charge is -2.24. The molecule has 2 rings (SSSR count). The molecule has 0 aliphatic heterocycles. The second kappa shape index (κ2) is 5.65. The lowest BCUT2D eigenvalue weighted by Crippen LogP contribution is -2.30. The molecule has 0 aromatic carbocycles. The van der Waals surface area contributed by atoms with Gasteiger partial charge in [0.15, 0.2) is 0 Å². The van der Waals surface area contributed by atoms with Gasteiger partial charge in [-0.05, 0) is 36.3 Å². The molecule has 1 aliphatic rings. The molecule has 1 unspecified atom stereocenters. The Kier molecular flexibility index (Phi) is 4.18. The van der Waals surface area contributed by atoms with E-state index >= 15 is 0 Å². The van der Waals surface area contributed by atoms with Crippen molar-refractivity contribution in [1.82, 2.24) is 10.2 Å². The van der Waals surface area contributed by atoms with E-state index in [1.165, 1.54) is 29.7 Å². The summed E-state index contributed by atoms with van der Waals surface area (Å²) >= 11 is 1.86. The van der Waals surface area contributed by atoms with Crippen molar-refractivity contribution in [2.75, 3.05) is 20.6 Å². The van der Waals surface area contributed by atoms with Crippen molar-refractivity contribution in [1.29, 1.82) is 0 Å². The van der Waals surface area contributed by atoms with Gasteiger partial charge in [-0.2, -0.15) is 0 Å². The van der Waals surface area contributed by atoms with Crippen molar-refractivity contribution in [3.63, 3.8) is 0 Å². The van der Waals surface area contributed by atoms with Crippen molar-refractivity contribution in [3.05, 3.63) is 21.9 Å². The smallest absolute Gasteiger partial charge is 0.223 e. The molecular weight excluding hydrogens is 232 g/mol. The van der Waals surface area contributed by atoms with Crippen LogP contribution < -0.4 is 5.32 Å². The van der Waals surface area contributed by atoms with E-state index in [0.717, 1.165) is 6.54 Å². The summed E-state index contributed by atoms with van der Waals surface area (Å²) in [6.45, 7) is 0.775. The summed E-state index contributed by atoms with van der Waals surface area (Å²) in [5.41, 5.74) is 1.46. The molecule has 0 saturated carbocycles. The first-order chi connectivity index (χ1) is 8.18. The largest absolute Gasteiger partial charge is 0.349 e. The number of amides is 1. The molecule has 1 N–H and O–H groups in total. The number of aryl methyl sites for hydroxylation is 1. The Morgan fingerprint density at radius 1 is 1.59 bits per heavy atom. The molecule has 1 aromatic rings. The standard InChI is InChI=1S/C13H20N2OS/c1-15(2)13(16)6-8-14-11-4-3-5-12-10(11)7-9-17-12/h7,9,11,14H,3-6,8H2,1-2H3. The molecule has 17 heavy (non-hydrogen) atoms.